The van der Waals surface area contributed by atoms with E-state index < -0.39 is 0 Å². The third-order valence-electron chi connectivity index (χ3n) is 2.59. The van der Waals surface area contributed by atoms with E-state index in [1.807, 2.05) is 19.1 Å². The highest BCUT2D eigenvalue weighted by Gasteiger charge is 2.18. The molecule has 0 saturated carbocycles. The van der Waals surface area contributed by atoms with Crippen LogP contribution in [-0.4, -0.2) is 19.0 Å². The maximum atomic E-state index is 12.0. The Bertz CT molecular complexity index is 351. The van der Waals surface area contributed by atoms with Crippen LogP contribution in [0.3, 0.4) is 0 Å². The second-order valence-corrected chi connectivity index (χ2v) is 4.41. The van der Waals surface area contributed by atoms with Gasteiger partial charge in [-0.1, -0.05) is 30.7 Å². The van der Waals surface area contributed by atoms with Crippen molar-refractivity contribution >= 4 is 17.5 Å². The summed E-state index contributed by atoms with van der Waals surface area (Å²) in [5.41, 5.74) is 6.52. The molecule has 0 spiro atoms. The molecule has 1 atom stereocenters. The van der Waals surface area contributed by atoms with Gasteiger partial charge in [-0.05, 0) is 37.1 Å². The van der Waals surface area contributed by atoms with Crippen LogP contribution >= 0.6 is 11.6 Å². The van der Waals surface area contributed by atoms with Crippen molar-refractivity contribution in [1.29, 1.82) is 0 Å². The molecule has 0 radical (unpaired) electrons. The third-order valence-corrected chi connectivity index (χ3v) is 2.85. The van der Waals surface area contributed by atoms with Crippen LogP contribution in [0.15, 0.2) is 24.3 Å². The number of halogens is 1. The van der Waals surface area contributed by atoms with E-state index in [1.54, 1.807) is 12.1 Å². The summed E-state index contributed by atoms with van der Waals surface area (Å²) in [6.45, 7) is 3.22. The van der Waals surface area contributed by atoms with Crippen molar-refractivity contribution < 1.29 is 4.79 Å². The molecule has 1 rings (SSSR count). The van der Waals surface area contributed by atoms with Crippen molar-refractivity contribution in [2.45, 2.75) is 25.7 Å². The molecule has 17 heavy (non-hydrogen) atoms. The van der Waals surface area contributed by atoms with E-state index >= 15 is 0 Å². The highest BCUT2D eigenvalue weighted by molar-refractivity contribution is 6.30. The zero-order chi connectivity index (χ0) is 12.7. The minimum atomic E-state index is -0.177. The Labute approximate surface area is 107 Å². The first kappa shape index (κ1) is 14.0. The highest BCUT2D eigenvalue weighted by atomic mass is 35.5. The summed E-state index contributed by atoms with van der Waals surface area (Å²) in [5.74, 6) is -0.136. The van der Waals surface area contributed by atoms with Crippen LogP contribution in [0.25, 0.3) is 0 Å². The molecule has 94 valence electrons. The molecule has 3 nitrogen and oxygen atoms in total. The second kappa shape index (κ2) is 7.30. The standard InChI is InChI=1S/C13H19ClN2O/c1-2-9-16-13(17)12(7-8-15)10-3-5-11(14)6-4-10/h3-6,12H,2,7-9,15H2,1H3,(H,16,17). The number of rotatable bonds is 6. The molecule has 1 aromatic carbocycles. The number of carbonyl (C=O) groups excluding carboxylic acids is 1. The fraction of sp³-hybridized carbons (Fsp3) is 0.462. The number of nitrogens with one attached hydrogen (secondary N) is 1. The molecule has 1 unspecified atom stereocenters. The summed E-state index contributed by atoms with van der Waals surface area (Å²) in [5, 5.41) is 3.58. The van der Waals surface area contributed by atoms with Crippen LogP contribution in [0.2, 0.25) is 5.02 Å². The minimum Gasteiger partial charge on any atom is -0.356 e. The molecule has 0 aliphatic rings. The summed E-state index contributed by atoms with van der Waals surface area (Å²) < 4.78 is 0. The topological polar surface area (TPSA) is 55.1 Å². The van der Waals surface area contributed by atoms with Gasteiger partial charge >= 0.3 is 0 Å². The number of nitrogens with two attached hydrogens (primary N) is 1. The molecule has 1 amide bonds. The van der Waals surface area contributed by atoms with Crippen LogP contribution in [0.4, 0.5) is 0 Å². The lowest BCUT2D eigenvalue weighted by Crippen LogP contribution is -2.31. The fourth-order valence-electron chi connectivity index (χ4n) is 1.68. The number of hydrogen-bond donors (Lipinski definition) is 2. The summed E-state index contributed by atoms with van der Waals surface area (Å²) in [6.07, 6.45) is 1.58. The molecule has 0 saturated heterocycles. The van der Waals surface area contributed by atoms with Crippen molar-refractivity contribution in [3.05, 3.63) is 34.9 Å². The lowest BCUT2D eigenvalue weighted by atomic mass is 9.95. The zero-order valence-electron chi connectivity index (χ0n) is 10.1. The number of benzene rings is 1. The third kappa shape index (κ3) is 4.36. The van der Waals surface area contributed by atoms with E-state index in [9.17, 15) is 4.79 Å². The van der Waals surface area contributed by atoms with Crippen LogP contribution in [0, 0.1) is 0 Å². The van der Waals surface area contributed by atoms with Crippen molar-refractivity contribution in [3.8, 4) is 0 Å². The lowest BCUT2D eigenvalue weighted by Gasteiger charge is -2.16. The lowest BCUT2D eigenvalue weighted by molar-refractivity contribution is -0.122. The highest BCUT2D eigenvalue weighted by Crippen LogP contribution is 2.21. The number of amides is 1. The summed E-state index contributed by atoms with van der Waals surface area (Å²) in [6, 6.07) is 7.36. The Morgan fingerprint density at radius 1 is 1.41 bits per heavy atom. The van der Waals surface area contributed by atoms with Gasteiger partial charge in [-0.25, -0.2) is 0 Å². The minimum absolute atomic E-state index is 0.0413. The molecule has 0 fully saturated rings. The Kier molecular flexibility index (Phi) is 6.01. The number of hydrogen-bond acceptors (Lipinski definition) is 2. The molecule has 4 heteroatoms. The molecular weight excluding hydrogens is 236 g/mol. The molecule has 0 heterocycles. The van der Waals surface area contributed by atoms with Gasteiger partial charge in [0, 0.05) is 11.6 Å². The Hall–Kier alpha value is -1.06. The smallest absolute Gasteiger partial charge is 0.227 e. The first-order valence-electron chi connectivity index (χ1n) is 5.92. The van der Waals surface area contributed by atoms with E-state index in [2.05, 4.69) is 5.32 Å². The zero-order valence-corrected chi connectivity index (χ0v) is 10.8. The van der Waals surface area contributed by atoms with Crippen LogP contribution in [0.1, 0.15) is 31.2 Å². The maximum Gasteiger partial charge on any atom is 0.227 e. The first-order valence-corrected chi connectivity index (χ1v) is 6.30. The second-order valence-electron chi connectivity index (χ2n) is 3.97. The predicted molar refractivity (Wildman–Crippen MR) is 71.2 cm³/mol. The first-order chi connectivity index (χ1) is 8.19. The average Bonchev–Trinajstić information content (AvgIpc) is 2.34. The molecule has 0 aliphatic carbocycles. The van der Waals surface area contributed by atoms with E-state index in [1.165, 1.54) is 0 Å². The quantitative estimate of drug-likeness (QED) is 0.819. The summed E-state index contributed by atoms with van der Waals surface area (Å²) in [4.78, 5) is 12.0. The van der Waals surface area contributed by atoms with Crippen molar-refractivity contribution in [1.82, 2.24) is 5.32 Å². The van der Waals surface area contributed by atoms with Crippen molar-refractivity contribution in [3.63, 3.8) is 0 Å². The van der Waals surface area contributed by atoms with Crippen molar-refractivity contribution in [2.75, 3.05) is 13.1 Å². The molecule has 0 aliphatic heterocycles. The molecule has 1 aromatic rings. The summed E-state index contributed by atoms with van der Waals surface area (Å²) in [7, 11) is 0. The fourth-order valence-corrected chi connectivity index (χ4v) is 1.81. The van der Waals surface area contributed by atoms with Crippen molar-refractivity contribution in [2.24, 2.45) is 5.73 Å². The van der Waals surface area contributed by atoms with E-state index in [0.29, 0.717) is 24.5 Å². The summed E-state index contributed by atoms with van der Waals surface area (Å²) >= 11 is 5.83. The van der Waals surface area contributed by atoms with Gasteiger partial charge in [0.25, 0.3) is 0 Å². The Balaban J connectivity index is 2.77. The van der Waals surface area contributed by atoms with E-state index in [0.717, 1.165) is 12.0 Å². The number of carbonyl (C=O) groups is 1. The predicted octanol–water partition coefficient (Wildman–Crippen LogP) is 2.30. The van der Waals surface area contributed by atoms with E-state index in [-0.39, 0.29) is 11.8 Å². The molecule has 0 aromatic heterocycles. The van der Waals surface area contributed by atoms with Crippen LogP contribution in [-0.2, 0) is 4.79 Å². The average molecular weight is 255 g/mol. The molecule has 3 N–H and O–H groups in total. The van der Waals surface area contributed by atoms with Gasteiger partial charge in [0.1, 0.15) is 0 Å². The van der Waals surface area contributed by atoms with Crippen LogP contribution in [0.5, 0.6) is 0 Å². The molecule has 0 bridgehead atoms. The van der Waals surface area contributed by atoms with E-state index in [4.69, 9.17) is 17.3 Å². The molecular formula is C13H19ClN2O. The maximum absolute atomic E-state index is 12.0. The SMILES string of the molecule is CCCNC(=O)C(CCN)c1ccc(Cl)cc1. The normalized spacial score (nSPS) is 12.2. The Morgan fingerprint density at radius 3 is 2.59 bits per heavy atom. The van der Waals surface area contributed by atoms with Gasteiger partial charge in [0.2, 0.25) is 5.91 Å². The van der Waals surface area contributed by atoms with Gasteiger partial charge < -0.3 is 11.1 Å². The van der Waals surface area contributed by atoms with Gasteiger partial charge in [-0.2, -0.15) is 0 Å². The largest absolute Gasteiger partial charge is 0.356 e. The van der Waals surface area contributed by atoms with Gasteiger partial charge in [0.05, 0.1) is 5.92 Å². The monoisotopic (exact) mass is 254 g/mol. The van der Waals surface area contributed by atoms with Gasteiger partial charge in [-0.15, -0.1) is 0 Å². The van der Waals surface area contributed by atoms with Gasteiger partial charge in [0.15, 0.2) is 0 Å². The Morgan fingerprint density at radius 2 is 2.06 bits per heavy atom. The van der Waals surface area contributed by atoms with Crippen LogP contribution < -0.4 is 11.1 Å². The van der Waals surface area contributed by atoms with Gasteiger partial charge in [-0.3, -0.25) is 4.79 Å².